The Labute approximate surface area is 143 Å². The SMILES string of the molecule is COc1cc(C)cc(C)c1CC(=O)NC1(C(=O)O)CCC(C)CC1. The fourth-order valence-corrected chi connectivity index (χ4v) is 3.49. The van der Waals surface area contributed by atoms with E-state index in [1.165, 1.54) is 0 Å². The molecule has 5 heteroatoms. The van der Waals surface area contributed by atoms with Crippen LogP contribution in [0.15, 0.2) is 12.1 Å². The van der Waals surface area contributed by atoms with Crippen molar-refractivity contribution in [3.63, 3.8) is 0 Å². The summed E-state index contributed by atoms with van der Waals surface area (Å²) in [5, 5.41) is 12.4. The summed E-state index contributed by atoms with van der Waals surface area (Å²) in [5.74, 6) is -0.0225. The number of carbonyl (C=O) groups excluding carboxylic acids is 1. The van der Waals surface area contributed by atoms with Crippen molar-refractivity contribution in [1.29, 1.82) is 0 Å². The van der Waals surface area contributed by atoms with Gasteiger partial charge >= 0.3 is 5.97 Å². The molecule has 0 atom stereocenters. The number of amides is 1. The first-order valence-corrected chi connectivity index (χ1v) is 8.46. The Morgan fingerprint density at radius 3 is 2.46 bits per heavy atom. The highest BCUT2D eigenvalue weighted by atomic mass is 16.5. The molecule has 0 heterocycles. The van der Waals surface area contributed by atoms with Gasteiger partial charge in [-0.2, -0.15) is 0 Å². The molecule has 0 saturated heterocycles. The van der Waals surface area contributed by atoms with Crippen LogP contribution in [0, 0.1) is 19.8 Å². The summed E-state index contributed by atoms with van der Waals surface area (Å²) in [4.78, 5) is 24.3. The summed E-state index contributed by atoms with van der Waals surface area (Å²) in [6.07, 6.45) is 2.73. The number of aryl methyl sites for hydroxylation is 2. The Balaban J connectivity index is 2.17. The van der Waals surface area contributed by atoms with E-state index in [-0.39, 0.29) is 12.3 Å². The van der Waals surface area contributed by atoms with Crippen LogP contribution in [0.5, 0.6) is 5.75 Å². The predicted molar refractivity (Wildman–Crippen MR) is 92.3 cm³/mol. The topological polar surface area (TPSA) is 75.6 Å². The number of benzene rings is 1. The maximum atomic E-state index is 12.5. The van der Waals surface area contributed by atoms with E-state index in [9.17, 15) is 14.7 Å². The standard InChI is InChI=1S/C19H27NO4/c1-12-5-7-19(8-6-12,18(22)23)20-17(21)11-15-14(3)9-13(2)10-16(15)24-4/h9-10,12H,5-8,11H2,1-4H3,(H,20,21)(H,22,23). The van der Waals surface area contributed by atoms with Gasteiger partial charge in [0, 0.05) is 5.56 Å². The highest BCUT2D eigenvalue weighted by Crippen LogP contribution is 2.32. The monoisotopic (exact) mass is 333 g/mol. The molecule has 2 rings (SSSR count). The third-order valence-electron chi connectivity index (χ3n) is 5.05. The zero-order chi connectivity index (χ0) is 17.9. The number of ether oxygens (including phenoxy) is 1. The normalized spacial score (nSPS) is 23.6. The molecule has 0 radical (unpaired) electrons. The predicted octanol–water partition coefficient (Wildman–Crippen LogP) is 3.00. The second kappa shape index (κ2) is 7.24. The quantitative estimate of drug-likeness (QED) is 0.868. The van der Waals surface area contributed by atoms with Gasteiger partial charge in [-0.3, -0.25) is 4.79 Å². The molecule has 1 saturated carbocycles. The Kier molecular flexibility index (Phi) is 5.52. The lowest BCUT2D eigenvalue weighted by molar-refractivity contribution is -0.149. The van der Waals surface area contributed by atoms with Gasteiger partial charge in [0.05, 0.1) is 13.5 Å². The zero-order valence-corrected chi connectivity index (χ0v) is 14.9. The Hall–Kier alpha value is -2.04. The average Bonchev–Trinajstić information content (AvgIpc) is 2.52. The molecule has 132 valence electrons. The molecule has 1 aliphatic rings. The Bertz CT molecular complexity index is 630. The lowest BCUT2D eigenvalue weighted by atomic mass is 9.77. The van der Waals surface area contributed by atoms with Crippen molar-refractivity contribution in [2.45, 2.75) is 58.4 Å². The van der Waals surface area contributed by atoms with Crippen LogP contribution in [0.25, 0.3) is 0 Å². The van der Waals surface area contributed by atoms with Crippen molar-refractivity contribution in [1.82, 2.24) is 5.32 Å². The molecule has 1 fully saturated rings. The number of carbonyl (C=O) groups is 2. The number of carboxylic acids is 1. The molecule has 1 aromatic carbocycles. The third-order valence-corrected chi connectivity index (χ3v) is 5.05. The molecule has 0 unspecified atom stereocenters. The molecule has 0 bridgehead atoms. The lowest BCUT2D eigenvalue weighted by Gasteiger charge is -2.36. The highest BCUT2D eigenvalue weighted by molar-refractivity contribution is 5.88. The van der Waals surface area contributed by atoms with Gasteiger partial charge in [0.1, 0.15) is 11.3 Å². The highest BCUT2D eigenvalue weighted by Gasteiger charge is 2.42. The van der Waals surface area contributed by atoms with Crippen molar-refractivity contribution in [2.75, 3.05) is 7.11 Å². The van der Waals surface area contributed by atoms with E-state index >= 15 is 0 Å². The number of hydrogen-bond donors (Lipinski definition) is 2. The minimum atomic E-state index is -1.13. The third kappa shape index (κ3) is 3.89. The van der Waals surface area contributed by atoms with Crippen LogP contribution in [-0.4, -0.2) is 29.6 Å². The largest absolute Gasteiger partial charge is 0.496 e. The van der Waals surface area contributed by atoms with Crippen LogP contribution < -0.4 is 10.1 Å². The van der Waals surface area contributed by atoms with Crippen molar-refractivity contribution in [3.8, 4) is 5.75 Å². The van der Waals surface area contributed by atoms with Crippen LogP contribution in [-0.2, 0) is 16.0 Å². The van der Waals surface area contributed by atoms with Crippen LogP contribution >= 0.6 is 0 Å². The molecule has 1 aliphatic carbocycles. The molecule has 1 aromatic rings. The molecule has 1 amide bonds. The van der Waals surface area contributed by atoms with Crippen LogP contribution in [0.1, 0.15) is 49.3 Å². The van der Waals surface area contributed by atoms with Gasteiger partial charge in [-0.15, -0.1) is 0 Å². The summed E-state index contributed by atoms with van der Waals surface area (Å²) in [5.41, 5.74) is 1.72. The summed E-state index contributed by atoms with van der Waals surface area (Å²) in [6, 6.07) is 3.89. The number of aliphatic carboxylic acids is 1. The van der Waals surface area contributed by atoms with Gasteiger partial charge in [-0.25, -0.2) is 4.79 Å². The van der Waals surface area contributed by atoms with E-state index in [2.05, 4.69) is 12.2 Å². The number of carboxylic acid groups (broad SMARTS) is 1. The van der Waals surface area contributed by atoms with E-state index < -0.39 is 11.5 Å². The van der Waals surface area contributed by atoms with Crippen molar-refractivity contribution in [3.05, 3.63) is 28.8 Å². The summed E-state index contributed by atoms with van der Waals surface area (Å²) in [6.45, 7) is 6.03. The van der Waals surface area contributed by atoms with Crippen molar-refractivity contribution in [2.24, 2.45) is 5.92 Å². The minimum Gasteiger partial charge on any atom is -0.496 e. The summed E-state index contributed by atoms with van der Waals surface area (Å²) >= 11 is 0. The lowest BCUT2D eigenvalue weighted by Crippen LogP contribution is -2.56. The van der Waals surface area contributed by atoms with E-state index in [0.29, 0.717) is 24.5 Å². The number of nitrogens with one attached hydrogen (secondary N) is 1. The maximum Gasteiger partial charge on any atom is 0.329 e. The van der Waals surface area contributed by atoms with E-state index in [4.69, 9.17) is 4.74 Å². The van der Waals surface area contributed by atoms with Gasteiger partial charge in [0.15, 0.2) is 0 Å². The summed E-state index contributed by atoms with van der Waals surface area (Å²) in [7, 11) is 1.58. The first-order valence-electron chi connectivity index (χ1n) is 8.46. The fourth-order valence-electron chi connectivity index (χ4n) is 3.49. The molecular formula is C19H27NO4. The number of rotatable bonds is 5. The summed E-state index contributed by atoms with van der Waals surface area (Å²) < 4.78 is 5.39. The molecule has 24 heavy (non-hydrogen) atoms. The van der Waals surface area contributed by atoms with Crippen LogP contribution in [0.3, 0.4) is 0 Å². The molecular weight excluding hydrogens is 306 g/mol. The average molecular weight is 333 g/mol. The Morgan fingerprint density at radius 1 is 1.29 bits per heavy atom. The van der Waals surface area contributed by atoms with Gasteiger partial charge in [-0.1, -0.05) is 13.0 Å². The van der Waals surface area contributed by atoms with Crippen LogP contribution in [0.2, 0.25) is 0 Å². The fraction of sp³-hybridized carbons (Fsp3) is 0.579. The minimum absolute atomic E-state index is 0.125. The van der Waals surface area contributed by atoms with Crippen LogP contribution in [0.4, 0.5) is 0 Å². The number of hydrogen-bond acceptors (Lipinski definition) is 3. The van der Waals surface area contributed by atoms with Gasteiger partial charge in [0.25, 0.3) is 0 Å². The second-order valence-electron chi connectivity index (χ2n) is 7.06. The molecule has 0 aromatic heterocycles. The van der Waals surface area contributed by atoms with Crippen molar-refractivity contribution >= 4 is 11.9 Å². The van der Waals surface area contributed by atoms with Gasteiger partial charge < -0.3 is 15.2 Å². The Morgan fingerprint density at radius 2 is 1.92 bits per heavy atom. The smallest absolute Gasteiger partial charge is 0.329 e. The first-order chi connectivity index (χ1) is 11.3. The van der Waals surface area contributed by atoms with Crippen molar-refractivity contribution < 1.29 is 19.4 Å². The first kappa shape index (κ1) is 18.3. The second-order valence-corrected chi connectivity index (χ2v) is 7.06. The maximum absolute atomic E-state index is 12.5. The molecule has 5 nitrogen and oxygen atoms in total. The van der Waals surface area contributed by atoms with Gasteiger partial charge in [-0.05, 0) is 62.6 Å². The zero-order valence-electron chi connectivity index (χ0n) is 14.9. The molecule has 0 spiro atoms. The molecule has 2 N–H and O–H groups in total. The molecule has 0 aliphatic heterocycles. The van der Waals surface area contributed by atoms with E-state index in [0.717, 1.165) is 29.5 Å². The van der Waals surface area contributed by atoms with E-state index in [1.807, 2.05) is 26.0 Å². The van der Waals surface area contributed by atoms with Gasteiger partial charge in [0.2, 0.25) is 5.91 Å². The van der Waals surface area contributed by atoms with E-state index in [1.54, 1.807) is 7.11 Å². The number of methoxy groups -OCH3 is 1.